The van der Waals surface area contributed by atoms with E-state index in [0.717, 1.165) is 6.34 Å². The molecule has 0 spiro atoms. The van der Waals surface area contributed by atoms with Gasteiger partial charge in [0.05, 0.1) is 0 Å². The van der Waals surface area contributed by atoms with Crippen molar-refractivity contribution in [1.29, 1.82) is 0 Å². The van der Waals surface area contributed by atoms with E-state index in [1.165, 1.54) is 6.33 Å². The van der Waals surface area contributed by atoms with Gasteiger partial charge in [0.2, 0.25) is 0 Å². The van der Waals surface area contributed by atoms with Crippen molar-refractivity contribution in [3.05, 3.63) is 18.6 Å². The van der Waals surface area contributed by atoms with Gasteiger partial charge in [0.1, 0.15) is 12.7 Å². The molecule has 0 saturated carbocycles. The summed E-state index contributed by atoms with van der Waals surface area (Å²) < 4.78 is 0. The molecule has 0 aromatic carbocycles. The molecule has 0 radical (unpaired) electrons. The third-order valence-electron chi connectivity index (χ3n) is 0.821. The summed E-state index contributed by atoms with van der Waals surface area (Å²) >= 11 is 0. The molecule has 1 heterocycles. The fourth-order valence-corrected chi connectivity index (χ4v) is 0.455. The number of rotatable bonds is 2. The van der Waals surface area contributed by atoms with Gasteiger partial charge in [0, 0.05) is 12.3 Å². The minimum atomic E-state index is 0.497. The monoisotopic (exact) mass is 138 g/mol. The third-order valence-corrected chi connectivity index (χ3v) is 0.821. The van der Waals surface area contributed by atoms with Crippen LogP contribution in [0.2, 0.25) is 0 Å². The molecule has 5 nitrogen and oxygen atoms in total. The summed E-state index contributed by atoms with van der Waals surface area (Å²) in [5.41, 5.74) is 1.76. The number of nitrogens with zero attached hydrogens (tertiary/aromatic N) is 3. The highest BCUT2D eigenvalue weighted by Crippen LogP contribution is 2.00. The van der Waals surface area contributed by atoms with E-state index in [9.17, 15) is 0 Å². The summed E-state index contributed by atoms with van der Waals surface area (Å²) in [5, 5.41) is 8.08. The zero-order valence-electron chi connectivity index (χ0n) is 5.10. The highest BCUT2D eigenvalue weighted by molar-refractivity contribution is 5.57. The Labute approximate surface area is 57.4 Å². The molecule has 0 atom stereocenters. The Balaban J connectivity index is 2.67. The first-order valence-electron chi connectivity index (χ1n) is 2.61. The largest absolute Gasteiger partial charge is 0.290 e. The standard InChI is InChI=1S/C5H6N4O/c10-9-4-8-5-1-2-6-3-7-5/h1-4,10H,(H,6,7,8,9). The summed E-state index contributed by atoms with van der Waals surface area (Å²) in [6.45, 7) is 0. The number of hydrogen-bond donors (Lipinski definition) is 2. The van der Waals surface area contributed by atoms with Crippen molar-refractivity contribution in [2.24, 2.45) is 4.99 Å². The Morgan fingerprint density at radius 1 is 1.70 bits per heavy atom. The lowest BCUT2D eigenvalue weighted by molar-refractivity contribution is 0.240. The summed E-state index contributed by atoms with van der Waals surface area (Å²) in [6, 6.07) is 1.62. The van der Waals surface area contributed by atoms with Crippen molar-refractivity contribution < 1.29 is 5.21 Å². The lowest BCUT2D eigenvalue weighted by Crippen LogP contribution is -2.01. The van der Waals surface area contributed by atoms with E-state index in [2.05, 4.69) is 15.0 Å². The molecule has 0 fully saturated rings. The first-order valence-corrected chi connectivity index (χ1v) is 2.61. The summed E-state index contributed by atoms with van der Waals surface area (Å²) in [6.07, 6.45) is 4.07. The van der Waals surface area contributed by atoms with Crippen LogP contribution in [0.3, 0.4) is 0 Å². The molecule has 0 aliphatic rings. The van der Waals surface area contributed by atoms with Crippen molar-refractivity contribution in [3.63, 3.8) is 0 Å². The van der Waals surface area contributed by atoms with E-state index >= 15 is 0 Å². The van der Waals surface area contributed by atoms with Crippen LogP contribution in [0.4, 0.5) is 5.82 Å². The SMILES string of the molecule is ONC=Nc1ccncn1. The molecule has 0 aliphatic carbocycles. The van der Waals surface area contributed by atoms with Gasteiger partial charge in [-0.25, -0.2) is 15.0 Å². The Morgan fingerprint density at radius 2 is 2.60 bits per heavy atom. The quantitative estimate of drug-likeness (QED) is 0.346. The second-order valence-electron chi connectivity index (χ2n) is 1.45. The average Bonchev–Trinajstić information content (AvgIpc) is 2.03. The van der Waals surface area contributed by atoms with Crippen molar-refractivity contribution in [1.82, 2.24) is 15.4 Å². The van der Waals surface area contributed by atoms with Crippen LogP contribution in [0.15, 0.2) is 23.6 Å². The van der Waals surface area contributed by atoms with Crippen LogP contribution in [0.1, 0.15) is 0 Å². The second-order valence-corrected chi connectivity index (χ2v) is 1.45. The van der Waals surface area contributed by atoms with Gasteiger partial charge < -0.3 is 0 Å². The van der Waals surface area contributed by atoms with Gasteiger partial charge in [-0.3, -0.25) is 10.7 Å². The smallest absolute Gasteiger partial charge is 0.156 e. The van der Waals surface area contributed by atoms with Crippen LogP contribution in [-0.4, -0.2) is 21.5 Å². The van der Waals surface area contributed by atoms with Crippen LogP contribution >= 0.6 is 0 Å². The highest BCUT2D eigenvalue weighted by atomic mass is 16.5. The molecule has 0 amide bonds. The molecule has 1 aromatic rings. The minimum Gasteiger partial charge on any atom is -0.290 e. The molecule has 5 heteroatoms. The molecule has 0 saturated heterocycles. The normalized spacial score (nSPS) is 10.1. The predicted octanol–water partition coefficient (Wildman–Crippen LogP) is 0.115. The maximum absolute atomic E-state index is 8.08. The van der Waals surface area contributed by atoms with Gasteiger partial charge >= 0.3 is 0 Å². The number of hydroxylamine groups is 1. The van der Waals surface area contributed by atoms with Crippen LogP contribution in [0, 0.1) is 0 Å². The zero-order valence-corrected chi connectivity index (χ0v) is 5.10. The maximum Gasteiger partial charge on any atom is 0.156 e. The highest BCUT2D eigenvalue weighted by Gasteiger charge is 1.82. The molecule has 52 valence electrons. The average molecular weight is 138 g/mol. The first-order chi connectivity index (χ1) is 4.93. The Hall–Kier alpha value is -1.49. The van der Waals surface area contributed by atoms with Gasteiger partial charge in [-0.1, -0.05) is 0 Å². The Morgan fingerprint density at radius 3 is 3.20 bits per heavy atom. The van der Waals surface area contributed by atoms with Gasteiger partial charge in [0.25, 0.3) is 0 Å². The molecule has 0 bridgehead atoms. The topological polar surface area (TPSA) is 70.4 Å². The molecular weight excluding hydrogens is 132 g/mol. The number of aliphatic imine (C=N–C) groups is 1. The fourth-order valence-electron chi connectivity index (χ4n) is 0.455. The Kier molecular flexibility index (Phi) is 2.33. The number of hydrogen-bond acceptors (Lipinski definition) is 4. The van der Waals surface area contributed by atoms with Crippen molar-refractivity contribution in [2.45, 2.75) is 0 Å². The van der Waals surface area contributed by atoms with E-state index in [4.69, 9.17) is 5.21 Å². The van der Waals surface area contributed by atoms with Crippen LogP contribution in [-0.2, 0) is 0 Å². The lowest BCUT2D eigenvalue weighted by atomic mass is 10.6. The summed E-state index contributed by atoms with van der Waals surface area (Å²) in [5.74, 6) is 0.497. The van der Waals surface area contributed by atoms with Crippen molar-refractivity contribution >= 4 is 12.2 Å². The second kappa shape index (κ2) is 3.52. The van der Waals surface area contributed by atoms with E-state index in [1.54, 1.807) is 17.7 Å². The van der Waals surface area contributed by atoms with Gasteiger partial charge in [-0.05, 0) is 0 Å². The molecule has 1 rings (SSSR count). The molecule has 0 unspecified atom stereocenters. The van der Waals surface area contributed by atoms with E-state index in [0.29, 0.717) is 5.82 Å². The van der Waals surface area contributed by atoms with Crippen molar-refractivity contribution in [3.8, 4) is 0 Å². The van der Waals surface area contributed by atoms with E-state index < -0.39 is 0 Å². The maximum atomic E-state index is 8.08. The number of aromatic nitrogens is 2. The number of nitrogens with one attached hydrogen (secondary N) is 1. The van der Waals surface area contributed by atoms with Crippen LogP contribution in [0.5, 0.6) is 0 Å². The zero-order chi connectivity index (χ0) is 7.23. The van der Waals surface area contributed by atoms with E-state index in [1.807, 2.05) is 0 Å². The van der Waals surface area contributed by atoms with E-state index in [-0.39, 0.29) is 0 Å². The molecule has 0 aliphatic heterocycles. The third kappa shape index (κ3) is 1.79. The van der Waals surface area contributed by atoms with Gasteiger partial charge in [0.15, 0.2) is 5.82 Å². The van der Waals surface area contributed by atoms with Crippen molar-refractivity contribution in [2.75, 3.05) is 0 Å². The minimum absolute atomic E-state index is 0.497. The van der Waals surface area contributed by atoms with Crippen LogP contribution < -0.4 is 5.48 Å². The van der Waals surface area contributed by atoms with Crippen LogP contribution in [0.25, 0.3) is 0 Å². The molecule has 1 aromatic heterocycles. The van der Waals surface area contributed by atoms with Gasteiger partial charge in [-0.2, -0.15) is 0 Å². The molecular formula is C5H6N4O. The summed E-state index contributed by atoms with van der Waals surface area (Å²) in [7, 11) is 0. The lowest BCUT2D eigenvalue weighted by Gasteiger charge is -1.87. The Bertz CT molecular complexity index is 210. The first kappa shape index (κ1) is 6.63. The van der Waals surface area contributed by atoms with Gasteiger partial charge in [-0.15, -0.1) is 0 Å². The molecule has 2 N–H and O–H groups in total. The molecule has 10 heavy (non-hydrogen) atoms. The summed E-state index contributed by atoms with van der Waals surface area (Å²) in [4.78, 5) is 11.1. The predicted molar refractivity (Wildman–Crippen MR) is 35.1 cm³/mol. The fraction of sp³-hybridized carbons (Fsp3) is 0.